The Hall–Kier alpha value is 0.210. The summed E-state index contributed by atoms with van der Waals surface area (Å²) in [6, 6.07) is 0. The second-order valence-corrected chi connectivity index (χ2v) is 3.15. The van der Waals surface area contributed by atoms with E-state index in [0.717, 1.165) is 0 Å². The minimum absolute atomic E-state index is 0.306. The van der Waals surface area contributed by atoms with E-state index in [0.29, 0.717) is 30.4 Å². The number of aliphatic imine (C=N–C) groups is 1. The third kappa shape index (κ3) is 8.11. The summed E-state index contributed by atoms with van der Waals surface area (Å²) in [7, 11) is 0. The molecule has 2 nitrogen and oxygen atoms in total. The highest BCUT2D eigenvalue weighted by molar-refractivity contribution is 6.65. The summed E-state index contributed by atoms with van der Waals surface area (Å²) in [5.74, 6) is 0.497. The van der Waals surface area contributed by atoms with Gasteiger partial charge in [0, 0.05) is 18.8 Å². The van der Waals surface area contributed by atoms with Crippen molar-refractivity contribution in [3.63, 3.8) is 0 Å². The second-order valence-electron chi connectivity index (χ2n) is 2.33. The van der Waals surface area contributed by atoms with Gasteiger partial charge in [-0.1, -0.05) is 11.6 Å². The highest BCUT2D eigenvalue weighted by Gasteiger charge is 1.95. The number of hydrogen-bond acceptors (Lipinski definition) is 2. The van der Waals surface area contributed by atoms with Gasteiger partial charge in [0.05, 0.1) is 6.10 Å². The standard InChI is InChI=1S/C7H13Cl2NO/c1-6(11)3-5-10-7(9)2-4-8/h6,11H,2-5H2,1H3. The molecule has 4 heteroatoms. The van der Waals surface area contributed by atoms with Gasteiger partial charge in [-0.2, -0.15) is 0 Å². The molecule has 0 aromatic rings. The number of hydrogen-bond donors (Lipinski definition) is 1. The minimum Gasteiger partial charge on any atom is -0.393 e. The Bertz CT molecular complexity index is 126. The molecule has 0 fully saturated rings. The summed E-state index contributed by atoms with van der Waals surface area (Å²) >= 11 is 11.1. The largest absolute Gasteiger partial charge is 0.393 e. The van der Waals surface area contributed by atoms with E-state index in [4.69, 9.17) is 28.3 Å². The van der Waals surface area contributed by atoms with Crippen LogP contribution in [0, 0.1) is 0 Å². The van der Waals surface area contributed by atoms with Gasteiger partial charge in [-0.25, -0.2) is 0 Å². The third-order valence-corrected chi connectivity index (χ3v) is 1.63. The van der Waals surface area contributed by atoms with Crippen LogP contribution in [0.5, 0.6) is 0 Å². The van der Waals surface area contributed by atoms with Crippen LogP contribution in [0.4, 0.5) is 0 Å². The van der Waals surface area contributed by atoms with Gasteiger partial charge in [-0.05, 0) is 13.3 Å². The van der Waals surface area contributed by atoms with Crippen molar-refractivity contribution >= 4 is 28.4 Å². The van der Waals surface area contributed by atoms with Crippen LogP contribution in [0.15, 0.2) is 4.99 Å². The lowest BCUT2D eigenvalue weighted by molar-refractivity contribution is 0.187. The average Bonchev–Trinajstić information content (AvgIpc) is 1.87. The molecular weight excluding hydrogens is 185 g/mol. The van der Waals surface area contributed by atoms with Gasteiger partial charge in [0.2, 0.25) is 0 Å². The van der Waals surface area contributed by atoms with E-state index in [9.17, 15) is 0 Å². The van der Waals surface area contributed by atoms with E-state index in [1.807, 2.05) is 0 Å². The Morgan fingerprint density at radius 2 is 2.27 bits per heavy atom. The maximum atomic E-state index is 8.86. The van der Waals surface area contributed by atoms with Gasteiger partial charge in [0.25, 0.3) is 0 Å². The highest BCUT2D eigenvalue weighted by atomic mass is 35.5. The first-order valence-corrected chi connectivity index (χ1v) is 4.51. The van der Waals surface area contributed by atoms with Crippen molar-refractivity contribution in [1.82, 2.24) is 0 Å². The summed E-state index contributed by atoms with van der Waals surface area (Å²) < 4.78 is 0. The van der Waals surface area contributed by atoms with Crippen molar-refractivity contribution in [3.8, 4) is 0 Å². The molecule has 0 saturated carbocycles. The fourth-order valence-electron chi connectivity index (χ4n) is 0.530. The molecule has 0 bridgehead atoms. The highest BCUT2D eigenvalue weighted by Crippen LogP contribution is 1.97. The van der Waals surface area contributed by atoms with E-state index >= 15 is 0 Å². The molecule has 0 rings (SSSR count). The van der Waals surface area contributed by atoms with Crippen LogP contribution in [-0.2, 0) is 0 Å². The monoisotopic (exact) mass is 197 g/mol. The maximum Gasteiger partial charge on any atom is 0.101 e. The molecule has 0 aromatic heterocycles. The van der Waals surface area contributed by atoms with Crippen LogP contribution < -0.4 is 0 Å². The lowest BCUT2D eigenvalue weighted by Gasteiger charge is -1.99. The van der Waals surface area contributed by atoms with Gasteiger partial charge in [-0.15, -0.1) is 11.6 Å². The van der Waals surface area contributed by atoms with Crippen LogP contribution in [-0.4, -0.2) is 28.8 Å². The fourth-order valence-corrected chi connectivity index (χ4v) is 0.984. The van der Waals surface area contributed by atoms with Gasteiger partial charge in [0.15, 0.2) is 0 Å². The van der Waals surface area contributed by atoms with E-state index < -0.39 is 0 Å². The van der Waals surface area contributed by atoms with E-state index in [1.54, 1.807) is 6.92 Å². The first kappa shape index (κ1) is 11.2. The summed E-state index contributed by atoms with van der Waals surface area (Å²) in [5, 5.41) is 9.40. The average molecular weight is 198 g/mol. The maximum absolute atomic E-state index is 8.86. The summed E-state index contributed by atoms with van der Waals surface area (Å²) in [4.78, 5) is 3.99. The third-order valence-electron chi connectivity index (χ3n) is 1.13. The van der Waals surface area contributed by atoms with Crippen molar-refractivity contribution in [3.05, 3.63) is 0 Å². The van der Waals surface area contributed by atoms with Crippen molar-refractivity contribution in [2.75, 3.05) is 12.4 Å². The molecule has 0 saturated heterocycles. The molecule has 0 amide bonds. The number of alkyl halides is 1. The smallest absolute Gasteiger partial charge is 0.101 e. The molecular formula is C7H13Cl2NO. The van der Waals surface area contributed by atoms with Crippen LogP contribution in [0.1, 0.15) is 19.8 Å². The van der Waals surface area contributed by atoms with Gasteiger partial charge >= 0.3 is 0 Å². The Balaban J connectivity index is 3.39. The number of rotatable bonds is 5. The Kier molecular flexibility index (Phi) is 7.02. The normalized spacial score (nSPS) is 15.1. The first-order chi connectivity index (χ1) is 5.16. The Morgan fingerprint density at radius 3 is 2.73 bits per heavy atom. The van der Waals surface area contributed by atoms with E-state index in [-0.39, 0.29) is 6.10 Å². The molecule has 1 unspecified atom stereocenters. The molecule has 11 heavy (non-hydrogen) atoms. The SMILES string of the molecule is CC(O)CCN=C(Cl)CCCl. The van der Waals surface area contributed by atoms with Gasteiger partial charge in [0.1, 0.15) is 5.17 Å². The molecule has 0 spiro atoms. The lowest BCUT2D eigenvalue weighted by atomic mass is 10.3. The zero-order chi connectivity index (χ0) is 8.69. The summed E-state index contributed by atoms with van der Waals surface area (Å²) in [5.41, 5.74) is 0. The van der Waals surface area contributed by atoms with Crippen molar-refractivity contribution in [2.45, 2.75) is 25.9 Å². The first-order valence-electron chi connectivity index (χ1n) is 3.59. The molecule has 0 radical (unpaired) electrons. The zero-order valence-electron chi connectivity index (χ0n) is 6.56. The van der Waals surface area contributed by atoms with Crippen molar-refractivity contribution in [2.24, 2.45) is 4.99 Å². The molecule has 0 aliphatic carbocycles. The molecule has 0 aromatic carbocycles. The van der Waals surface area contributed by atoms with Gasteiger partial charge in [-0.3, -0.25) is 4.99 Å². The van der Waals surface area contributed by atoms with Crippen LogP contribution in [0.3, 0.4) is 0 Å². The molecule has 0 aliphatic heterocycles. The van der Waals surface area contributed by atoms with Crippen molar-refractivity contribution in [1.29, 1.82) is 0 Å². The number of halogens is 2. The van der Waals surface area contributed by atoms with Crippen LogP contribution in [0.2, 0.25) is 0 Å². The molecule has 0 heterocycles. The molecule has 1 N–H and O–H groups in total. The predicted octanol–water partition coefficient (Wildman–Crippen LogP) is 2.02. The van der Waals surface area contributed by atoms with Crippen LogP contribution >= 0.6 is 23.2 Å². The predicted molar refractivity (Wildman–Crippen MR) is 49.8 cm³/mol. The second kappa shape index (κ2) is 6.89. The Labute approximate surface area is 77.2 Å². The minimum atomic E-state index is -0.306. The fraction of sp³-hybridized carbons (Fsp3) is 0.857. The number of nitrogens with zero attached hydrogens (tertiary/aromatic N) is 1. The van der Waals surface area contributed by atoms with Crippen LogP contribution in [0.25, 0.3) is 0 Å². The summed E-state index contributed by atoms with van der Waals surface area (Å²) in [6.07, 6.45) is 0.959. The molecule has 0 aliphatic rings. The summed E-state index contributed by atoms with van der Waals surface area (Å²) in [6.45, 7) is 2.30. The zero-order valence-corrected chi connectivity index (χ0v) is 8.07. The van der Waals surface area contributed by atoms with E-state index in [1.165, 1.54) is 0 Å². The van der Waals surface area contributed by atoms with Gasteiger partial charge < -0.3 is 5.11 Å². The van der Waals surface area contributed by atoms with E-state index in [2.05, 4.69) is 4.99 Å². The van der Waals surface area contributed by atoms with Crippen molar-refractivity contribution < 1.29 is 5.11 Å². The number of aliphatic hydroxyl groups is 1. The topological polar surface area (TPSA) is 32.6 Å². The number of aliphatic hydroxyl groups excluding tert-OH is 1. The molecule has 1 atom stereocenters. The molecule has 66 valence electrons. The Morgan fingerprint density at radius 1 is 1.64 bits per heavy atom. The lowest BCUT2D eigenvalue weighted by Crippen LogP contribution is -2.02. The quantitative estimate of drug-likeness (QED) is 0.532.